The molecular weight excluding hydrogens is 164 g/mol. The second kappa shape index (κ2) is 5.58. The van der Waals surface area contributed by atoms with Crippen LogP contribution in [0.2, 0.25) is 0 Å². The predicted molar refractivity (Wildman–Crippen MR) is 54.7 cm³/mol. The van der Waals surface area contributed by atoms with Gasteiger partial charge in [0.2, 0.25) is 0 Å². The molecule has 1 aliphatic rings. The Morgan fingerprint density at radius 3 is 3.00 bits per heavy atom. The number of hydrogen-bond acceptors (Lipinski definition) is 3. The Labute approximate surface area is 81.2 Å². The smallest absolute Gasteiger partial charge is 0.0699 e. The second-order valence-corrected chi connectivity index (χ2v) is 3.99. The maximum absolute atomic E-state index is 5.78. The first-order chi connectivity index (χ1) is 6.22. The number of hydrogen-bond donors (Lipinski definition) is 1. The first kappa shape index (κ1) is 11.0. The molecule has 2 unspecified atom stereocenters. The topological polar surface area (TPSA) is 38.5 Å². The standard InChI is InChI=1S/C10H22N2O/c1-3-10-8-12(7-9(2)11)5-4-6-13-10/h9-10H,3-8,11H2,1-2H3. The van der Waals surface area contributed by atoms with Crippen molar-refractivity contribution in [1.82, 2.24) is 4.90 Å². The minimum Gasteiger partial charge on any atom is -0.377 e. The third-order valence-corrected chi connectivity index (χ3v) is 2.44. The van der Waals surface area contributed by atoms with E-state index in [0.717, 1.165) is 39.1 Å². The average Bonchev–Trinajstić information content (AvgIpc) is 2.28. The molecule has 0 aromatic heterocycles. The highest BCUT2D eigenvalue weighted by molar-refractivity contribution is 4.71. The van der Waals surface area contributed by atoms with Gasteiger partial charge in [-0.05, 0) is 19.8 Å². The predicted octanol–water partition coefficient (Wildman–Crippen LogP) is 0.834. The van der Waals surface area contributed by atoms with E-state index in [2.05, 4.69) is 18.7 Å². The van der Waals surface area contributed by atoms with Gasteiger partial charge in [-0.25, -0.2) is 0 Å². The quantitative estimate of drug-likeness (QED) is 0.709. The summed E-state index contributed by atoms with van der Waals surface area (Å²) in [5, 5.41) is 0. The lowest BCUT2D eigenvalue weighted by molar-refractivity contribution is 0.0515. The van der Waals surface area contributed by atoms with E-state index in [1.165, 1.54) is 0 Å². The molecule has 1 heterocycles. The van der Waals surface area contributed by atoms with Gasteiger partial charge in [0, 0.05) is 32.3 Å². The molecule has 0 aromatic rings. The number of ether oxygens (including phenoxy) is 1. The third kappa shape index (κ3) is 4.07. The van der Waals surface area contributed by atoms with Crippen LogP contribution < -0.4 is 5.73 Å². The van der Waals surface area contributed by atoms with Crippen molar-refractivity contribution in [2.45, 2.75) is 38.8 Å². The normalized spacial score (nSPS) is 28.4. The van der Waals surface area contributed by atoms with E-state index in [-0.39, 0.29) is 6.04 Å². The Balaban J connectivity index is 2.35. The molecule has 0 saturated carbocycles. The lowest BCUT2D eigenvalue weighted by Crippen LogP contribution is -2.39. The third-order valence-electron chi connectivity index (χ3n) is 2.44. The second-order valence-electron chi connectivity index (χ2n) is 3.99. The van der Waals surface area contributed by atoms with Crippen molar-refractivity contribution in [3.8, 4) is 0 Å². The van der Waals surface area contributed by atoms with Gasteiger partial charge in [-0.1, -0.05) is 6.92 Å². The van der Waals surface area contributed by atoms with E-state index in [9.17, 15) is 0 Å². The van der Waals surface area contributed by atoms with Crippen LogP contribution in [0.15, 0.2) is 0 Å². The summed E-state index contributed by atoms with van der Waals surface area (Å²) in [6, 6.07) is 0.274. The van der Waals surface area contributed by atoms with Crippen molar-refractivity contribution >= 4 is 0 Å². The van der Waals surface area contributed by atoms with Crippen LogP contribution >= 0.6 is 0 Å². The SMILES string of the molecule is CCC1CN(CC(C)N)CCCO1. The van der Waals surface area contributed by atoms with Gasteiger partial charge in [-0.3, -0.25) is 4.90 Å². The molecule has 0 radical (unpaired) electrons. The lowest BCUT2D eigenvalue weighted by atomic mass is 10.2. The Morgan fingerprint density at radius 2 is 2.38 bits per heavy atom. The lowest BCUT2D eigenvalue weighted by Gasteiger charge is -2.24. The Kier molecular flexibility index (Phi) is 4.70. The maximum Gasteiger partial charge on any atom is 0.0699 e. The van der Waals surface area contributed by atoms with Crippen LogP contribution in [0.5, 0.6) is 0 Å². The van der Waals surface area contributed by atoms with E-state index in [4.69, 9.17) is 10.5 Å². The summed E-state index contributed by atoms with van der Waals surface area (Å²) in [6.07, 6.45) is 2.67. The summed E-state index contributed by atoms with van der Waals surface area (Å²) in [7, 11) is 0. The molecule has 0 amide bonds. The van der Waals surface area contributed by atoms with Gasteiger partial charge in [0.1, 0.15) is 0 Å². The molecule has 13 heavy (non-hydrogen) atoms. The molecule has 78 valence electrons. The van der Waals surface area contributed by atoms with Crippen LogP contribution in [-0.4, -0.2) is 43.3 Å². The molecule has 2 N–H and O–H groups in total. The van der Waals surface area contributed by atoms with Crippen LogP contribution in [0, 0.1) is 0 Å². The molecular formula is C10H22N2O. The summed E-state index contributed by atoms with van der Waals surface area (Å²) < 4.78 is 5.68. The molecule has 2 atom stereocenters. The molecule has 0 bridgehead atoms. The van der Waals surface area contributed by atoms with Gasteiger partial charge in [-0.2, -0.15) is 0 Å². The summed E-state index contributed by atoms with van der Waals surface area (Å²) in [5.41, 5.74) is 5.78. The first-order valence-electron chi connectivity index (χ1n) is 5.32. The fraction of sp³-hybridized carbons (Fsp3) is 1.00. The maximum atomic E-state index is 5.78. The molecule has 1 rings (SSSR count). The van der Waals surface area contributed by atoms with Gasteiger partial charge in [0.15, 0.2) is 0 Å². The monoisotopic (exact) mass is 186 g/mol. The van der Waals surface area contributed by atoms with Crippen LogP contribution in [0.3, 0.4) is 0 Å². The Hall–Kier alpha value is -0.120. The summed E-state index contributed by atoms with van der Waals surface area (Å²) >= 11 is 0. The van der Waals surface area contributed by atoms with E-state index in [1.807, 2.05) is 0 Å². The minimum absolute atomic E-state index is 0.274. The van der Waals surface area contributed by atoms with E-state index < -0.39 is 0 Å². The van der Waals surface area contributed by atoms with Crippen molar-refractivity contribution in [1.29, 1.82) is 0 Å². The van der Waals surface area contributed by atoms with Crippen LogP contribution in [0.25, 0.3) is 0 Å². The summed E-state index contributed by atoms with van der Waals surface area (Å²) in [5.74, 6) is 0. The minimum atomic E-state index is 0.274. The van der Waals surface area contributed by atoms with Crippen LogP contribution in [0.1, 0.15) is 26.7 Å². The molecule has 0 spiro atoms. The van der Waals surface area contributed by atoms with Gasteiger partial charge < -0.3 is 10.5 Å². The van der Waals surface area contributed by atoms with Gasteiger partial charge in [-0.15, -0.1) is 0 Å². The average molecular weight is 186 g/mol. The largest absolute Gasteiger partial charge is 0.377 e. The van der Waals surface area contributed by atoms with Gasteiger partial charge in [0.05, 0.1) is 6.10 Å². The number of nitrogens with two attached hydrogens (primary N) is 1. The number of rotatable bonds is 3. The summed E-state index contributed by atoms with van der Waals surface area (Å²) in [4.78, 5) is 2.42. The van der Waals surface area contributed by atoms with Crippen molar-refractivity contribution in [3.05, 3.63) is 0 Å². The first-order valence-corrected chi connectivity index (χ1v) is 5.32. The highest BCUT2D eigenvalue weighted by Gasteiger charge is 2.17. The fourth-order valence-corrected chi connectivity index (χ4v) is 1.79. The van der Waals surface area contributed by atoms with E-state index >= 15 is 0 Å². The molecule has 0 aromatic carbocycles. The molecule has 1 fully saturated rings. The zero-order valence-electron chi connectivity index (χ0n) is 8.83. The molecule has 1 aliphatic heterocycles. The van der Waals surface area contributed by atoms with Crippen LogP contribution in [-0.2, 0) is 4.74 Å². The highest BCUT2D eigenvalue weighted by Crippen LogP contribution is 2.08. The highest BCUT2D eigenvalue weighted by atomic mass is 16.5. The summed E-state index contributed by atoms with van der Waals surface area (Å²) in [6.45, 7) is 8.34. The Bertz CT molecular complexity index is 139. The molecule has 0 aliphatic carbocycles. The molecule has 1 saturated heterocycles. The zero-order chi connectivity index (χ0) is 9.68. The Morgan fingerprint density at radius 1 is 1.62 bits per heavy atom. The molecule has 3 heteroatoms. The van der Waals surface area contributed by atoms with Gasteiger partial charge in [0.25, 0.3) is 0 Å². The van der Waals surface area contributed by atoms with Crippen LogP contribution in [0.4, 0.5) is 0 Å². The molecule has 3 nitrogen and oxygen atoms in total. The fourth-order valence-electron chi connectivity index (χ4n) is 1.79. The van der Waals surface area contributed by atoms with E-state index in [0.29, 0.717) is 6.10 Å². The van der Waals surface area contributed by atoms with Crippen molar-refractivity contribution in [2.75, 3.05) is 26.2 Å². The zero-order valence-corrected chi connectivity index (χ0v) is 8.83. The van der Waals surface area contributed by atoms with Crippen molar-refractivity contribution in [2.24, 2.45) is 5.73 Å². The van der Waals surface area contributed by atoms with Gasteiger partial charge >= 0.3 is 0 Å². The van der Waals surface area contributed by atoms with E-state index in [1.54, 1.807) is 0 Å². The van der Waals surface area contributed by atoms with Crippen molar-refractivity contribution < 1.29 is 4.74 Å². The number of nitrogens with zero attached hydrogens (tertiary/aromatic N) is 1. The van der Waals surface area contributed by atoms with Crippen molar-refractivity contribution in [3.63, 3.8) is 0 Å².